The van der Waals surface area contributed by atoms with Gasteiger partial charge in [0.1, 0.15) is 6.10 Å². The molecule has 1 saturated heterocycles. The number of anilines is 1. The van der Waals surface area contributed by atoms with E-state index in [4.69, 9.17) is 10.00 Å². The molecule has 0 saturated carbocycles. The van der Waals surface area contributed by atoms with Gasteiger partial charge in [-0.05, 0) is 49.5 Å². The molecule has 0 radical (unpaired) electrons. The van der Waals surface area contributed by atoms with E-state index in [0.29, 0.717) is 66.4 Å². The molecule has 0 atom stereocenters. The molecule has 0 bridgehead atoms. The van der Waals surface area contributed by atoms with Crippen molar-refractivity contribution in [1.82, 2.24) is 19.2 Å². The van der Waals surface area contributed by atoms with Crippen LogP contribution in [-0.2, 0) is 6.42 Å². The third kappa shape index (κ3) is 6.77. The van der Waals surface area contributed by atoms with E-state index in [2.05, 4.69) is 25.7 Å². The molecule has 12 heteroatoms. The summed E-state index contributed by atoms with van der Waals surface area (Å²) in [5, 5.41) is 11.9. The lowest BCUT2D eigenvalue weighted by molar-refractivity contribution is -0.149. The van der Waals surface area contributed by atoms with Gasteiger partial charge in [0.2, 0.25) is 5.88 Å². The maximum Gasteiger partial charge on any atom is 0.401 e. The Morgan fingerprint density at radius 1 is 1.28 bits per heavy atom. The van der Waals surface area contributed by atoms with Crippen LogP contribution < -0.4 is 10.1 Å². The number of ether oxygens (including phenoxy) is 1. The van der Waals surface area contributed by atoms with Gasteiger partial charge in [-0.2, -0.15) is 22.8 Å². The summed E-state index contributed by atoms with van der Waals surface area (Å²) in [6.07, 6.45) is -0.0473. The lowest BCUT2D eigenvalue weighted by Gasteiger charge is -2.32. The van der Waals surface area contributed by atoms with Gasteiger partial charge < -0.3 is 10.1 Å². The van der Waals surface area contributed by atoms with Crippen molar-refractivity contribution in [2.75, 3.05) is 25.0 Å². The Labute approximate surface area is 209 Å². The van der Waals surface area contributed by atoms with E-state index in [1.165, 1.54) is 22.6 Å². The van der Waals surface area contributed by atoms with Gasteiger partial charge in [-0.25, -0.2) is 4.98 Å². The number of carbonyl (C=O) groups excluding carboxylic acids is 1. The first-order valence-electron chi connectivity index (χ1n) is 11.2. The molecule has 0 aromatic carbocycles. The van der Waals surface area contributed by atoms with Gasteiger partial charge in [0.15, 0.2) is 0 Å². The van der Waals surface area contributed by atoms with E-state index < -0.39 is 12.7 Å². The topological polar surface area (TPSA) is 104 Å². The number of rotatable bonds is 7. The van der Waals surface area contributed by atoms with Crippen molar-refractivity contribution >= 4 is 23.1 Å². The summed E-state index contributed by atoms with van der Waals surface area (Å²) in [7, 11) is 0. The number of halogens is 3. The van der Waals surface area contributed by atoms with Gasteiger partial charge in [-0.15, -0.1) is 0 Å². The van der Waals surface area contributed by atoms with E-state index in [9.17, 15) is 18.0 Å². The zero-order valence-corrected chi connectivity index (χ0v) is 20.2. The Kier molecular flexibility index (Phi) is 7.81. The molecule has 1 fully saturated rings. The van der Waals surface area contributed by atoms with Gasteiger partial charge in [-0.1, -0.05) is 0 Å². The summed E-state index contributed by atoms with van der Waals surface area (Å²) >= 11 is 1.21. The fourth-order valence-corrected chi connectivity index (χ4v) is 4.85. The highest BCUT2D eigenvalue weighted by Gasteiger charge is 2.33. The first-order valence-corrected chi connectivity index (χ1v) is 12.0. The van der Waals surface area contributed by atoms with E-state index in [1.54, 1.807) is 37.4 Å². The number of hydrogen-bond acceptors (Lipinski definition) is 8. The molecule has 0 spiro atoms. The molecule has 1 aliphatic heterocycles. The van der Waals surface area contributed by atoms with Crippen molar-refractivity contribution in [3.8, 4) is 11.9 Å². The first-order chi connectivity index (χ1) is 17.2. The third-order valence-corrected chi connectivity index (χ3v) is 6.60. The second-order valence-corrected chi connectivity index (χ2v) is 9.30. The van der Waals surface area contributed by atoms with Crippen LogP contribution in [0.4, 0.5) is 18.9 Å². The van der Waals surface area contributed by atoms with E-state index in [0.717, 1.165) is 4.88 Å². The van der Waals surface area contributed by atoms with Gasteiger partial charge in [0.25, 0.3) is 5.91 Å². The van der Waals surface area contributed by atoms with Crippen molar-refractivity contribution in [2.45, 2.75) is 38.5 Å². The summed E-state index contributed by atoms with van der Waals surface area (Å²) < 4.78 is 47.8. The standard InChI is InChI=1S/C24H23F3N6O2S/c1-15-22(20(36-32-15)11-18-10-16(12-28)4-7-29-18)23(34)31-17-2-3-21(30-13-17)35-19-5-8-33(9-6-19)14-24(25,26)27/h2-4,7,10,13,19H,5-6,8-9,11,14H2,1H3,(H,31,34). The SMILES string of the molecule is Cc1nsc(Cc2cc(C#N)ccn2)c1C(=O)Nc1ccc(OC2CCN(CC(F)(F)F)CC2)nc1. The van der Waals surface area contributed by atoms with Crippen LogP contribution in [0.3, 0.4) is 0 Å². The summed E-state index contributed by atoms with van der Waals surface area (Å²) in [6, 6.07) is 8.65. The lowest BCUT2D eigenvalue weighted by atomic mass is 10.1. The number of pyridine rings is 2. The molecule has 3 aromatic heterocycles. The van der Waals surface area contributed by atoms with Crippen molar-refractivity contribution in [3.63, 3.8) is 0 Å². The normalized spacial score (nSPS) is 14.9. The number of amides is 1. The van der Waals surface area contributed by atoms with Gasteiger partial charge in [0, 0.05) is 42.3 Å². The third-order valence-electron chi connectivity index (χ3n) is 5.67. The maximum atomic E-state index is 13.0. The van der Waals surface area contributed by atoms with Crippen LogP contribution in [0.2, 0.25) is 0 Å². The summed E-state index contributed by atoms with van der Waals surface area (Å²) in [6.45, 7) is 1.47. The number of hydrogen-bond donors (Lipinski definition) is 1. The van der Waals surface area contributed by atoms with Gasteiger partial charge in [0.05, 0.1) is 41.3 Å². The molecule has 1 amide bonds. The Hall–Kier alpha value is -3.56. The van der Waals surface area contributed by atoms with Crippen LogP contribution >= 0.6 is 11.5 Å². The molecule has 0 unspecified atom stereocenters. The van der Waals surface area contributed by atoms with Crippen LogP contribution in [0, 0.1) is 18.3 Å². The number of aromatic nitrogens is 3. The van der Waals surface area contributed by atoms with Crippen LogP contribution in [0.1, 0.15) is 45.0 Å². The highest BCUT2D eigenvalue weighted by molar-refractivity contribution is 7.06. The molecular formula is C24H23F3N6O2S. The minimum absolute atomic E-state index is 0.211. The summed E-state index contributed by atoms with van der Waals surface area (Å²) in [5.41, 5.74) is 2.67. The minimum atomic E-state index is -4.20. The Bertz CT molecular complexity index is 1250. The second kappa shape index (κ2) is 11.0. The number of nitriles is 1. The van der Waals surface area contributed by atoms with Crippen LogP contribution in [-0.4, -0.2) is 57.1 Å². The zero-order valence-electron chi connectivity index (χ0n) is 19.4. The second-order valence-electron chi connectivity index (χ2n) is 8.44. The van der Waals surface area contributed by atoms with E-state index in [1.807, 2.05) is 0 Å². The fourth-order valence-electron chi connectivity index (χ4n) is 3.96. The fraction of sp³-hybridized carbons (Fsp3) is 0.375. The van der Waals surface area contributed by atoms with E-state index >= 15 is 0 Å². The molecule has 8 nitrogen and oxygen atoms in total. The molecule has 1 aliphatic rings. The molecular weight excluding hydrogens is 493 g/mol. The van der Waals surface area contributed by atoms with Crippen LogP contribution in [0.5, 0.6) is 5.88 Å². The molecule has 36 heavy (non-hydrogen) atoms. The molecule has 1 N–H and O–H groups in total. The van der Waals surface area contributed by atoms with Crippen LogP contribution in [0.25, 0.3) is 0 Å². The monoisotopic (exact) mass is 516 g/mol. The summed E-state index contributed by atoms with van der Waals surface area (Å²) in [4.78, 5) is 23.6. The summed E-state index contributed by atoms with van der Waals surface area (Å²) in [5.74, 6) is 0.0139. The molecule has 188 valence electrons. The molecule has 3 aromatic rings. The minimum Gasteiger partial charge on any atom is -0.474 e. The smallest absolute Gasteiger partial charge is 0.401 e. The number of nitrogens with zero attached hydrogens (tertiary/aromatic N) is 5. The van der Waals surface area contributed by atoms with Crippen molar-refractivity contribution in [2.24, 2.45) is 0 Å². The van der Waals surface area contributed by atoms with Crippen molar-refractivity contribution in [3.05, 3.63) is 64.1 Å². The van der Waals surface area contributed by atoms with Crippen molar-refractivity contribution in [1.29, 1.82) is 5.26 Å². The zero-order chi connectivity index (χ0) is 25.7. The average Bonchev–Trinajstić information content (AvgIpc) is 3.20. The lowest BCUT2D eigenvalue weighted by Crippen LogP contribution is -2.42. The maximum absolute atomic E-state index is 13.0. The number of piperidine rings is 1. The Balaban J connectivity index is 1.34. The first kappa shape index (κ1) is 25.5. The Morgan fingerprint density at radius 2 is 2.06 bits per heavy atom. The predicted octanol–water partition coefficient (Wildman–Crippen LogP) is 4.36. The highest BCUT2D eigenvalue weighted by atomic mass is 32.1. The molecule has 4 heterocycles. The van der Waals surface area contributed by atoms with E-state index in [-0.39, 0.29) is 12.0 Å². The van der Waals surface area contributed by atoms with Gasteiger partial charge >= 0.3 is 6.18 Å². The predicted molar refractivity (Wildman–Crippen MR) is 127 cm³/mol. The van der Waals surface area contributed by atoms with Crippen molar-refractivity contribution < 1.29 is 22.7 Å². The molecule has 0 aliphatic carbocycles. The highest BCUT2D eigenvalue weighted by Crippen LogP contribution is 2.25. The quantitative estimate of drug-likeness (QED) is 0.498. The average molecular weight is 517 g/mol. The Morgan fingerprint density at radius 3 is 2.72 bits per heavy atom. The number of nitrogens with one attached hydrogen (secondary N) is 1. The number of carbonyl (C=O) groups is 1. The number of aryl methyl sites for hydroxylation is 1. The van der Waals surface area contributed by atoms with Gasteiger partial charge in [-0.3, -0.25) is 14.7 Å². The largest absolute Gasteiger partial charge is 0.474 e. The van der Waals surface area contributed by atoms with Crippen LogP contribution in [0.15, 0.2) is 36.7 Å². The molecule has 4 rings (SSSR count). The number of likely N-dealkylation sites (tertiary alicyclic amines) is 1. The number of alkyl halides is 3.